The van der Waals surface area contributed by atoms with Gasteiger partial charge in [0.1, 0.15) is 5.82 Å². The van der Waals surface area contributed by atoms with Crippen molar-refractivity contribution in [1.82, 2.24) is 9.88 Å². The van der Waals surface area contributed by atoms with Crippen molar-refractivity contribution in [3.05, 3.63) is 36.0 Å². The van der Waals surface area contributed by atoms with Crippen LogP contribution in [0.25, 0.3) is 0 Å². The monoisotopic (exact) mass is 353 g/mol. The van der Waals surface area contributed by atoms with Crippen molar-refractivity contribution in [2.24, 2.45) is 5.92 Å². The van der Waals surface area contributed by atoms with Crippen LogP contribution >= 0.6 is 0 Å². The highest BCUT2D eigenvalue weighted by Crippen LogP contribution is 2.29. The van der Waals surface area contributed by atoms with Crippen LogP contribution in [-0.2, 0) is 11.0 Å². The average Bonchev–Trinajstić information content (AvgIpc) is 2.95. The number of rotatable bonds is 3. The second kappa shape index (κ2) is 7.45. The van der Waals surface area contributed by atoms with Gasteiger partial charge in [0, 0.05) is 38.8 Å². The molecule has 1 aromatic rings. The highest BCUT2D eigenvalue weighted by atomic mass is 19.4. The average molecular weight is 353 g/mol. The molecule has 2 heterocycles. The first-order valence-corrected chi connectivity index (χ1v) is 8.66. The zero-order valence-electron chi connectivity index (χ0n) is 14.0. The molecule has 1 fully saturated rings. The van der Waals surface area contributed by atoms with E-state index >= 15 is 0 Å². The Balaban J connectivity index is 1.57. The number of hydrogen-bond acceptors (Lipinski definition) is 3. The van der Waals surface area contributed by atoms with E-state index in [4.69, 9.17) is 0 Å². The van der Waals surface area contributed by atoms with Crippen molar-refractivity contribution < 1.29 is 18.0 Å². The van der Waals surface area contributed by atoms with E-state index in [0.29, 0.717) is 44.3 Å². The molecule has 0 N–H and O–H groups in total. The number of aromatic nitrogens is 1. The van der Waals surface area contributed by atoms with E-state index < -0.39 is 11.7 Å². The summed E-state index contributed by atoms with van der Waals surface area (Å²) in [6, 6.07) is 2.46. The van der Waals surface area contributed by atoms with Crippen LogP contribution < -0.4 is 4.90 Å². The van der Waals surface area contributed by atoms with Gasteiger partial charge in [0.25, 0.3) is 0 Å². The minimum atomic E-state index is -4.37. The number of allylic oxidation sites excluding steroid dienone is 2. The number of nitrogens with zero attached hydrogens (tertiary/aromatic N) is 3. The lowest BCUT2D eigenvalue weighted by Crippen LogP contribution is -2.36. The van der Waals surface area contributed by atoms with Gasteiger partial charge in [-0.3, -0.25) is 4.79 Å². The number of hydrogen-bond donors (Lipinski definition) is 0. The molecule has 4 nitrogen and oxygen atoms in total. The third-order valence-electron chi connectivity index (χ3n) is 4.80. The van der Waals surface area contributed by atoms with Gasteiger partial charge in [0.2, 0.25) is 5.91 Å². The fourth-order valence-corrected chi connectivity index (χ4v) is 3.36. The molecule has 0 saturated carbocycles. The van der Waals surface area contributed by atoms with Crippen molar-refractivity contribution in [1.29, 1.82) is 0 Å². The van der Waals surface area contributed by atoms with Crippen molar-refractivity contribution >= 4 is 11.7 Å². The number of halogens is 3. The molecular weight excluding hydrogens is 331 g/mol. The summed E-state index contributed by atoms with van der Waals surface area (Å²) < 4.78 is 37.9. The Morgan fingerprint density at radius 1 is 1.20 bits per heavy atom. The number of carbonyl (C=O) groups is 1. The van der Waals surface area contributed by atoms with Gasteiger partial charge in [-0.15, -0.1) is 0 Å². The molecule has 2 aliphatic rings. The number of alkyl halides is 3. The summed E-state index contributed by atoms with van der Waals surface area (Å²) >= 11 is 0. The van der Waals surface area contributed by atoms with Crippen LogP contribution in [0.1, 0.15) is 31.2 Å². The van der Waals surface area contributed by atoms with Gasteiger partial charge in [-0.05, 0) is 37.3 Å². The first kappa shape index (κ1) is 17.8. The van der Waals surface area contributed by atoms with E-state index in [-0.39, 0.29) is 5.91 Å². The van der Waals surface area contributed by atoms with Crippen LogP contribution in [-0.4, -0.2) is 42.0 Å². The molecule has 1 unspecified atom stereocenters. The molecule has 1 aliphatic heterocycles. The fourth-order valence-electron chi connectivity index (χ4n) is 3.36. The quantitative estimate of drug-likeness (QED) is 0.781. The topological polar surface area (TPSA) is 36.4 Å². The molecule has 0 aromatic carbocycles. The standard InChI is InChI=1S/C18H22F3N3O/c19-18(20,21)15-6-7-16(22-13-15)23-8-3-9-24(11-10-23)17(25)12-14-4-1-2-5-14/h1,4,6-7,13-14H,2-3,5,8-12H2. The molecule has 1 saturated heterocycles. The summed E-state index contributed by atoms with van der Waals surface area (Å²) in [7, 11) is 0. The number of pyridine rings is 1. The zero-order valence-corrected chi connectivity index (χ0v) is 14.0. The molecule has 25 heavy (non-hydrogen) atoms. The van der Waals surface area contributed by atoms with Crippen LogP contribution in [0.5, 0.6) is 0 Å². The maximum absolute atomic E-state index is 12.6. The maximum Gasteiger partial charge on any atom is 0.417 e. The summed E-state index contributed by atoms with van der Waals surface area (Å²) in [6.07, 6.45) is 4.17. The van der Waals surface area contributed by atoms with Crippen molar-refractivity contribution in [2.45, 2.75) is 31.9 Å². The predicted molar refractivity (Wildman–Crippen MR) is 89.1 cm³/mol. The summed E-state index contributed by atoms with van der Waals surface area (Å²) in [6.45, 7) is 2.54. The number of carbonyl (C=O) groups excluding carboxylic acids is 1. The van der Waals surface area contributed by atoms with Gasteiger partial charge < -0.3 is 9.80 Å². The van der Waals surface area contributed by atoms with E-state index in [9.17, 15) is 18.0 Å². The molecule has 1 atom stereocenters. The van der Waals surface area contributed by atoms with Gasteiger partial charge in [-0.2, -0.15) is 13.2 Å². The Morgan fingerprint density at radius 3 is 2.68 bits per heavy atom. The second-order valence-corrected chi connectivity index (χ2v) is 6.59. The summed E-state index contributed by atoms with van der Waals surface area (Å²) in [5.41, 5.74) is -0.743. The van der Waals surface area contributed by atoms with E-state index in [1.54, 1.807) is 0 Å². The Kier molecular flexibility index (Phi) is 5.30. The SMILES string of the molecule is O=C(CC1C=CCC1)N1CCCN(c2ccc(C(F)(F)F)cn2)CC1. The van der Waals surface area contributed by atoms with E-state index in [1.165, 1.54) is 6.07 Å². The Morgan fingerprint density at radius 2 is 2.04 bits per heavy atom. The lowest BCUT2D eigenvalue weighted by molar-refractivity contribution is -0.137. The highest BCUT2D eigenvalue weighted by Gasteiger charge is 2.31. The van der Waals surface area contributed by atoms with Crippen molar-refractivity contribution in [2.75, 3.05) is 31.1 Å². The molecule has 1 aliphatic carbocycles. The van der Waals surface area contributed by atoms with Crippen LogP contribution in [0, 0.1) is 5.92 Å². The minimum Gasteiger partial charge on any atom is -0.355 e. The molecule has 3 rings (SSSR count). The minimum absolute atomic E-state index is 0.166. The van der Waals surface area contributed by atoms with E-state index in [0.717, 1.165) is 31.5 Å². The molecular formula is C18H22F3N3O. The molecule has 0 spiro atoms. The molecule has 136 valence electrons. The summed E-state index contributed by atoms with van der Waals surface area (Å²) in [5, 5.41) is 0. The third kappa shape index (κ3) is 4.52. The van der Waals surface area contributed by atoms with Gasteiger partial charge in [-0.25, -0.2) is 4.98 Å². The Bertz CT molecular complexity index is 627. The Hall–Kier alpha value is -2.05. The smallest absolute Gasteiger partial charge is 0.355 e. The van der Waals surface area contributed by atoms with Crippen LogP contribution in [0.2, 0.25) is 0 Å². The van der Waals surface area contributed by atoms with Crippen LogP contribution in [0.4, 0.5) is 19.0 Å². The summed E-state index contributed by atoms with van der Waals surface area (Å²) in [4.78, 5) is 20.2. The van der Waals surface area contributed by atoms with Gasteiger partial charge in [0.15, 0.2) is 0 Å². The lowest BCUT2D eigenvalue weighted by atomic mass is 10.0. The molecule has 0 radical (unpaired) electrons. The van der Waals surface area contributed by atoms with Gasteiger partial charge >= 0.3 is 6.18 Å². The van der Waals surface area contributed by atoms with Gasteiger partial charge in [-0.1, -0.05) is 12.2 Å². The number of anilines is 1. The van der Waals surface area contributed by atoms with Crippen molar-refractivity contribution in [3.63, 3.8) is 0 Å². The zero-order chi connectivity index (χ0) is 17.9. The van der Waals surface area contributed by atoms with Crippen molar-refractivity contribution in [3.8, 4) is 0 Å². The lowest BCUT2D eigenvalue weighted by Gasteiger charge is -2.23. The molecule has 0 bridgehead atoms. The highest BCUT2D eigenvalue weighted by molar-refractivity contribution is 5.76. The normalized spacial score (nSPS) is 21.5. The molecule has 1 aromatic heterocycles. The van der Waals surface area contributed by atoms with E-state index in [1.807, 2.05) is 9.80 Å². The van der Waals surface area contributed by atoms with E-state index in [2.05, 4.69) is 17.1 Å². The maximum atomic E-state index is 12.6. The van der Waals surface area contributed by atoms with Gasteiger partial charge in [0.05, 0.1) is 5.56 Å². The largest absolute Gasteiger partial charge is 0.417 e. The predicted octanol–water partition coefficient (Wildman–Crippen LogP) is 3.50. The number of amides is 1. The summed E-state index contributed by atoms with van der Waals surface area (Å²) in [5.74, 6) is 1.04. The second-order valence-electron chi connectivity index (χ2n) is 6.59. The van der Waals surface area contributed by atoms with Crippen LogP contribution in [0.15, 0.2) is 30.5 Å². The Labute approximate surface area is 145 Å². The molecule has 7 heteroatoms. The first-order chi connectivity index (χ1) is 11.9. The van der Waals surface area contributed by atoms with Crippen LogP contribution in [0.3, 0.4) is 0 Å². The fraction of sp³-hybridized carbons (Fsp3) is 0.556. The first-order valence-electron chi connectivity index (χ1n) is 8.66. The molecule has 1 amide bonds. The third-order valence-corrected chi connectivity index (χ3v) is 4.80.